The van der Waals surface area contributed by atoms with E-state index in [1.165, 1.54) is 0 Å². The topological polar surface area (TPSA) is 75.3 Å². The fraction of sp³-hybridized carbons (Fsp3) is 0.500. The number of aliphatic hydroxyl groups excluding tert-OH is 1. The maximum absolute atomic E-state index is 11.9. The van der Waals surface area contributed by atoms with Gasteiger partial charge in [0.05, 0.1) is 0 Å². The molecule has 0 spiro atoms. The summed E-state index contributed by atoms with van der Waals surface area (Å²) in [5.74, 6) is 0.138. The minimum absolute atomic E-state index is 0.152. The van der Waals surface area contributed by atoms with Gasteiger partial charge in [0.2, 0.25) is 5.91 Å². The maximum atomic E-state index is 11.9. The number of hydrogen-bond acceptors (Lipinski definition) is 3. The Labute approximate surface area is 108 Å². The zero-order chi connectivity index (χ0) is 13.4. The second-order valence-corrected chi connectivity index (χ2v) is 4.42. The predicted octanol–water partition coefficient (Wildman–Crippen LogP) is 1.21. The zero-order valence-corrected chi connectivity index (χ0v) is 10.8. The van der Waals surface area contributed by atoms with E-state index in [0.717, 1.165) is 12.0 Å². The van der Waals surface area contributed by atoms with Crippen LogP contribution < -0.4 is 11.1 Å². The van der Waals surface area contributed by atoms with Gasteiger partial charge in [0.1, 0.15) is 6.04 Å². The Morgan fingerprint density at radius 3 is 2.61 bits per heavy atom. The van der Waals surface area contributed by atoms with Crippen LogP contribution in [0.15, 0.2) is 30.3 Å². The molecule has 0 saturated carbocycles. The quantitative estimate of drug-likeness (QED) is 0.681. The number of carbonyl (C=O) groups is 1. The van der Waals surface area contributed by atoms with E-state index in [2.05, 4.69) is 5.32 Å². The lowest BCUT2D eigenvalue weighted by atomic mass is 10.0. The van der Waals surface area contributed by atoms with Crippen molar-refractivity contribution in [3.8, 4) is 0 Å². The predicted molar refractivity (Wildman–Crippen MR) is 71.9 cm³/mol. The van der Waals surface area contributed by atoms with Gasteiger partial charge in [-0.3, -0.25) is 4.79 Å². The summed E-state index contributed by atoms with van der Waals surface area (Å²) in [4.78, 5) is 11.9. The van der Waals surface area contributed by atoms with Crippen molar-refractivity contribution in [2.45, 2.75) is 25.8 Å². The average molecular weight is 250 g/mol. The van der Waals surface area contributed by atoms with Crippen LogP contribution in [0.25, 0.3) is 0 Å². The molecule has 2 atom stereocenters. The summed E-state index contributed by atoms with van der Waals surface area (Å²) in [6, 6.07) is 8.68. The second kappa shape index (κ2) is 7.84. The van der Waals surface area contributed by atoms with Crippen molar-refractivity contribution in [2.75, 3.05) is 13.2 Å². The fourth-order valence-corrected chi connectivity index (χ4v) is 1.80. The molecule has 4 N–H and O–H groups in total. The Bertz CT molecular complexity index is 354. The summed E-state index contributed by atoms with van der Waals surface area (Å²) in [6.07, 6.45) is 1.64. The second-order valence-electron chi connectivity index (χ2n) is 4.42. The fourth-order valence-electron chi connectivity index (χ4n) is 1.80. The van der Waals surface area contributed by atoms with Crippen LogP contribution in [0.1, 0.15) is 31.4 Å². The molecule has 0 aliphatic heterocycles. The number of aliphatic hydroxyl groups is 1. The number of nitrogens with one attached hydrogen (secondary N) is 1. The summed E-state index contributed by atoms with van der Waals surface area (Å²) in [5, 5.41) is 11.7. The lowest BCUT2D eigenvalue weighted by Crippen LogP contribution is -2.37. The lowest BCUT2D eigenvalue weighted by molar-refractivity contribution is -0.122. The van der Waals surface area contributed by atoms with Crippen molar-refractivity contribution < 1.29 is 9.90 Å². The third-order valence-electron chi connectivity index (χ3n) is 3.12. The van der Waals surface area contributed by atoms with E-state index in [9.17, 15) is 4.79 Å². The van der Waals surface area contributed by atoms with Crippen molar-refractivity contribution in [2.24, 2.45) is 11.7 Å². The van der Waals surface area contributed by atoms with Crippen LogP contribution in [-0.4, -0.2) is 24.2 Å². The smallest absolute Gasteiger partial charge is 0.241 e. The maximum Gasteiger partial charge on any atom is 0.241 e. The summed E-state index contributed by atoms with van der Waals surface area (Å²) >= 11 is 0. The number of nitrogens with two attached hydrogens (primary N) is 1. The van der Waals surface area contributed by atoms with Crippen LogP contribution in [0.2, 0.25) is 0 Å². The Morgan fingerprint density at radius 1 is 1.39 bits per heavy atom. The van der Waals surface area contributed by atoms with E-state index in [1.807, 2.05) is 37.3 Å². The number of rotatable bonds is 7. The molecule has 0 aliphatic carbocycles. The van der Waals surface area contributed by atoms with Gasteiger partial charge in [-0.2, -0.15) is 0 Å². The Kier molecular flexibility index (Phi) is 6.39. The summed E-state index contributed by atoms with van der Waals surface area (Å²) in [6.45, 7) is 2.76. The van der Waals surface area contributed by atoms with Crippen molar-refractivity contribution in [1.82, 2.24) is 5.32 Å². The van der Waals surface area contributed by atoms with Crippen LogP contribution in [0.3, 0.4) is 0 Å². The van der Waals surface area contributed by atoms with Gasteiger partial charge in [0, 0.05) is 13.2 Å². The molecule has 1 amide bonds. The average Bonchev–Trinajstić information content (AvgIpc) is 2.43. The van der Waals surface area contributed by atoms with E-state index >= 15 is 0 Å². The van der Waals surface area contributed by atoms with Crippen molar-refractivity contribution in [1.29, 1.82) is 0 Å². The van der Waals surface area contributed by atoms with Crippen LogP contribution in [0, 0.1) is 5.92 Å². The van der Waals surface area contributed by atoms with E-state index in [1.54, 1.807) is 0 Å². The SMILES string of the molecule is CCC(CCO)CNC(=O)[C@H](N)c1ccccc1. The van der Waals surface area contributed by atoms with Gasteiger partial charge in [-0.1, -0.05) is 43.7 Å². The number of amides is 1. The van der Waals surface area contributed by atoms with Crippen molar-refractivity contribution >= 4 is 5.91 Å². The van der Waals surface area contributed by atoms with Crippen LogP contribution >= 0.6 is 0 Å². The lowest BCUT2D eigenvalue weighted by Gasteiger charge is -2.17. The molecule has 0 fully saturated rings. The zero-order valence-electron chi connectivity index (χ0n) is 10.8. The van der Waals surface area contributed by atoms with E-state index < -0.39 is 6.04 Å². The molecule has 0 heterocycles. The largest absolute Gasteiger partial charge is 0.396 e. The Balaban J connectivity index is 2.45. The molecule has 0 saturated heterocycles. The summed E-state index contributed by atoms with van der Waals surface area (Å²) in [7, 11) is 0. The number of hydrogen-bond donors (Lipinski definition) is 3. The minimum Gasteiger partial charge on any atom is -0.396 e. The highest BCUT2D eigenvalue weighted by Gasteiger charge is 2.16. The van der Waals surface area contributed by atoms with E-state index in [0.29, 0.717) is 18.9 Å². The van der Waals surface area contributed by atoms with E-state index in [-0.39, 0.29) is 12.5 Å². The van der Waals surface area contributed by atoms with Gasteiger partial charge in [-0.15, -0.1) is 0 Å². The van der Waals surface area contributed by atoms with Crippen LogP contribution in [0.4, 0.5) is 0 Å². The monoisotopic (exact) mass is 250 g/mol. The molecule has 18 heavy (non-hydrogen) atoms. The molecule has 1 unspecified atom stereocenters. The molecule has 0 bridgehead atoms. The number of benzene rings is 1. The van der Waals surface area contributed by atoms with E-state index in [4.69, 9.17) is 10.8 Å². The van der Waals surface area contributed by atoms with Crippen LogP contribution in [0.5, 0.6) is 0 Å². The first-order valence-electron chi connectivity index (χ1n) is 6.38. The van der Waals surface area contributed by atoms with Gasteiger partial charge in [0.15, 0.2) is 0 Å². The third kappa shape index (κ3) is 4.47. The highest BCUT2D eigenvalue weighted by Crippen LogP contribution is 2.10. The van der Waals surface area contributed by atoms with Gasteiger partial charge < -0.3 is 16.2 Å². The molecule has 4 nitrogen and oxygen atoms in total. The standard InChI is InChI=1S/C14H22N2O2/c1-2-11(8-9-17)10-16-14(18)13(15)12-6-4-3-5-7-12/h3-7,11,13,17H,2,8-10,15H2,1H3,(H,16,18)/t11?,13-/m1/s1. The Hall–Kier alpha value is -1.39. The van der Waals surface area contributed by atoms with Crippen molar-refractivity contribution in [3.63, 3.8) is 0 Å². The normalized spacial score (nSPS) is 13.9. The van der Waals surface area contributed by atoms with Gasteiger partial charge >= 0.3 is 0 Å². The molecule has 0 aliphatic rings. The van der Waals surface area contributed by atoms with Crippen molar-refractivity contribution in [3.05, 3.63) is 35.9 Å². The first kappa shape index (κ1) is 14.7. The van der Waals surface area contributed by atoms with Crippen LogP contribution in [-0.2, 0) is 4.79 Å². The molecular weight excluding hydrogens is 228 g/mol. The summed E-state index contributed by atoms with van der Waals surface area (Å²) in [5.41, 5.74) is 6.69. The van der Waals surface area contributed by atoms with Gasteiger partial charge in [0.25, 0.3) is 0 Å². The van der Waals surface area contributed by atoms with Gasteiger partial charge in [-0.05, 0) is 17.9 Å². The first-order chi connectivity index (χ1) is 8.69. The molecular formula is C14H22N2O2. The molecule has 100 valence electrons. The number of carbonyl (C=O) groups excluding carboxylic acids is 1. The van der Waals surface area contributed by atoms with Gasteiger partial charge in [-0.25, -0.2) is 0 Å². The Morgan fingerprint density at radius 2 is 2.06 bits per heavy atom. The molecule has 0 radical (unpaired) electrons. The molecule has 0 aromatic heterocycles. The third-order valence-corrected chi connectivity index (χ3v) is 3.12. The summed E-state index contributed by atoms with van der Waals surface area (Å²) < 4.78 is 0. The highest BCUT2D eigenvalue weighted by molar-refractivity contribution is 5.82. The molecule has 1 aromatic rings. The minimum atomic E-state index is -0.627. The first-order valence-corrected chi connectivity index (χ1v) is 6.38. The molecule has 1 rings (SSSR count). The highest BCUT2D eigenvalue weighted by atomic mass is 16.3. The molecule has 4 heteroatoms. The molecule has 1 aromatic carbocycles.